The predicted octanol–water partition coefficient (Wildman–Crippen LogP) is 2.69. The number of hydrogen-bond donors (Lipinski definition) is 2. The highest BCUT2D eigenvalue weighted by Gasteiger charge is 2.06. The molecule has 3 heteroatoms. The number of nitrogens with one attached hydrogen (secondary N) is 1. The summed E-state index contributed by atoms with van der Waals surface area (Å²) in [6, 6.07) is 5.91. The molecule has 0 aliphatic carbocycles. The zero-order valence-electron chi connectivity index (χ0n) is 10.2. The van der Waals surface area contributed by atoms with Crippen LogP contribution in [0, 0.1) is 6.92 Å². The molecule has 0 fully saturated rings. The predicted molar refractivity (Wildman–Crippen MR) is 67.7 cm³/mol. The minimum Gasteiger partial charge on any atom is -0.382 e. The molecular weight excluding hydrogens is 200 g/mol. The molecule has 1 atom stereocenters. The molecule has 0 aromatic heterocycles. The van der Waals surface area contributed by atoms with Gasteiger partial charge in [0.1, 0.15) is 0 Å². The van der Waals surface area contributed by atoms with Crippen LogP contribution in [-0.2, 0) is 0 Å². The van der Waals surface area contributed by atoms with Gasteiger partial charge in [-0.3, -0.25) is 4.79 Å². The van der Waals surface area contributed by atoms with Gasteiger partial charge >= 0.3 is 0 Å². The number of rotatable bonds is 5. The van der Waals surface area contributed by atoms with Gasteiger partial charge in [-0.05, 0) is 38.0 Å². The van der Waals surface area contributed by atoms with Crippen LogP contribution in [-0.4, -0.2) is 11.9 Å². The first-order chi connectivity index (χ1) is 7.54. The Balaban J connectivity index is 2.85. The summed E-state index contributed by atoms with van der Waals surface area (Å²) in [4.78, 5) is 11.1. The number of aryl methyl sites for hydroxylation is 1. The summed E-state index contributed by atoms with van der Waals surface area (Å²) in [5, 5.41) is 3.40. The Kier molecular flexibility index (Phi) is 4.35. The monoisotopic (exact) mass is 220 g/mol. The lowest BCUT2D eigenvalue weighted by molar-refractivity contribution is 0.100. The Morgan fingerprint density at radius 1 is 1.50 bits per heavy atom. The second-order valence-corrected chi connectivity index (χ2v) is 4.23. The standard InChI is InChI=1S/C13H20N2O/c1-4-5-10(3)15-12-8-11(13(14)16)7-6-9(12)2/h6-8,10,15H,4-5H2,1-3H3,(H2,14,16). The molecule has 0 spiro atoms. The largest absolute Gasteiger partial charge is 0.382 e. The van der Waals surface area contributed by atoms with Crippen molar-refractivity contribution >= 4 is 11.6 Å². The van der Waals surface area contributed by atoms with Crippen LogP contribution < -0.4 is 11.1 Å². The first kappa shape index (κ1) is 12.6. The van der Waals surface area contributed by atoms with E-state index in [2.05, 4.69) is 19.2 Å². The third kappa shape index (κ3) is 3.26. The van der Waals surface area contributed by atoms with Crippen molar-refractivity contribution in [3.63, 3.8) is 0 Å². The highest BCUT2D eigenvalue weighted by atomic mass is 16.1. The van der Waals surface area contributed by atoms with Crippen LogP contribution in [0.5, 0.6) is 0 Å². The highest BCUT2D eigenvalue weighted by molar-refractivity contribution is 5.94. The van der Waals surface area contributed by atoms with Crippen molar-refractivity contribution < 1.29 is 4.79 Å². The molecule has 0 aliphatic heterocycles. The maximum Gasteiger partial charge on any atom is 0.248 e. The lowest BCUT2D eigenvalue weighted by atomic mass is 10.1. The second-order valence-electron chi connectivity index (χ2n) is 4.23. The van der Waals surface area contributed by atoms with Gasteiger partial charge in [0, 0.05) is 17.3 Å². The fraction of sp³-hybridized carbons (Fsp3) is 0.462. The molecule has 1 aromatic rings. The molecule has 1 amide bonds. The van der Waals surface area contributed by atoms with Gasteiger partial charge in [0.25, 0.3) is 0 Å². The van der Waals surface area contributed by atoms with Crippen molar-refractivity contribution in [1.29, 1.82) is 0 Å². The first-order valence-electron chi connectivity index (χ1n) is 5.71. The summed E-state index contributed by atoms with van der Waals surface area (Å²) in [6.45, 7) is 6.32. The van der Waals surface area contributed by atoms with Gasteiger partial charge in [0.05, 0.1) is 0 Å². The number of carbonyl (C=O) groups excluding carboxylic acids is 1. The van der Waals surface area contributed by atoms with Crippen LogP contribution in [0.3, 0.4) is 0 Å². The molecule has 16 heavy (non-hydrogen) atoms. The summed E-state index contributed by atoms with van der Waals surface area (Å²) in [7, 11) is 0. The molecule has 3 N–H and O–H groups in total. The zero-order valence-corrected chi connectivity index (χ0v) is 10.2. The molecule has 0 radical (unpaired) electrons. The quantitative estimate of drug-likeness (QED) is 0.801. The number of hydrogen-bond acceptors (Lipinski definition) is 2. The van der Waals surface area contributed by atoms with E-state index < -0.39 is 0 Å². The van der Waals surface area contributed by atoms with E-state index in [1.807, 2.05) is 19.1 Å². The van der Waals surface area contributed by atoms with Crippen LogP contribution in [0.25, 0.3) is 0 Å². The average molecular weight is 220 g/mol. The summed E-state index contributed by atoms with van der Waals surface area (Å²) in [5.74, 6) is -0.383. The minimum atomic E-state index is -0.383. The smallest absolute Gasteiger partial charge is 0.248 e. The van der Waals surface area contributed by atoms with Gasteiger partial charge in [-0.15, -0.1) is 0 Å². The summed E-state index contributed by atoms with van der Waals surface area (Å²) < 4.78 is 0. The second kappa shape index (κ2) is 5.54. The molecule has 0 saturated heterocycles. The van der Waals surface area contributed by atoms with E-state index in [1.54, 1.807) is 6.07 Å². The maximum atomic E-state index is 11.1. The number of benzene rings is 1. The molecule has 1 unspecified atom stereocenters. The number of carbonyl (C=O) groups is 1. The van der Waals surface area contributed by atoms with E-state index >= 15 is 0 Å². The average Bonchev–Trinajstić information content (AvgIpc) is 2.21. The summed E-state index contributed by atoms with van der Waals surface area (Å²) in [6.07, 6.45) is 2.25. The normalized spacial score (nSPS) is 12.2. The third-order valence-corrected chi connectivity index (χ3v) is 2.65. The van der Waals surface area contributed by atoms with E-state index in [0.717, 1.165) is 24.1 Å². The van der Waals surface area contributed by atoms with Gasteiger partial charge < -0.3 is 11.1 Å². The molecule has 1 aromatic carbocycles. The van der Waals surface area contributed by atoms with E-state index in [4.69, 9.17) is 5.73 Å². The molecule has 0 bridgehead atoms. The van der Waals surface area contributed by atoms with Gasteiger partial charge in [-0.25, -0.2) is 0 Å². The fourth-order valence-electron chi connectivity index (χ4n) is 1.70. The SMILES string of the molecule is CCCC(C)Nc1cc(C(N)=O)ccc1C. The Bertz CT molecular complexity index is 374. The molecule has 88 valence electrons. The Labute approximate surface area is 97.0 Å². The van der Waals surface area contributed by atoms with Gasteiger partial charge in [0.15, 0.2) is 0 Å². The molecule has 0 saturated carbocycles. The van der Waals surface area contributed by atoms with E-state index in [-0.39, 0.29) is 5.91 Å². The number of primary amides is 1. The highest BCUT2D eigenvalue weighted by Crippen LogP contribution is 2.18. The van der Waals surface area contributed by atoms with Crippen molar-refractivity contribution in [2.24, 2.45) is 5.73 Å². The summed E-state index contributed by atoms with van der Waals surface area (Å²) >= 11 is 0. The fourth-order valence-corrected chi connectivity index (χ4v) is 1.70. The topological polar surface area (TPSA) is 55.1 Å². The van der Waals surface area contributed by atoms with Crippen LogP contribution >= 0.6 is 0 Å². The molecule has 3 nitrogen and oxygen atoms in total. The van der Waals surface area contributed by atoms with Gasteiger partial charge in [-0.1, -0.05) is 19.4 Å². The van der Waals surface area contributed by atoms with Crippen LogP contribution in [0.2, 0.25) is 0 Å². The minimum absolute atomic E-state index is 0.383. The van der Waals surface area contributed by atoms with Crippen molar-refractivity contribution in [1.82, 2.24) is 0 Å². The molecule has 0 aliphatic rings. The Hall–Kier alpha value is -1.51. The van der Waals surface area contributed by atoms with Crippen molar-refractivity contribution in [2.45, 2.75) is 39.7 Å². The van der Waals surface area contributed by atoms with Gasteiger partial charge in [0.2, 0.25) is 5.91 Å². The zero-order chi connectivity index (χ0) is 12.1. The maximum absolute atomic E-state index is 11.1. The Morgan fingerprint density at radius 2 is 2.19 bits per heavy atom. The number of amides is 1. The van der Waals surface area contributed by atoms with Crippen LogP contribution in [0.1, 0.15) is 42.6 Å². The van der Waals surface area contributed by atoms with Crippen molar-refractivity contribution in [2.75, 3.05) is 5.32 Å². The molecule has 0 heterocycles. The third-order valence-electron chi connectivity index (χ3n) is 2.65. The summed E-state index contributed by atoms with van der Waals surface area (Å²) in [5.41, 5.74) is 7.94. The molecular formula is C13H20N2O. The van der Waals surface area contributed by atoms with E-state index in [1.165, 1.54) is 0 Å². The number of anilines is 1. The first-order valence-corrected chi connectivity index (χ1v) is 5.71. The van der Waals surface area contributed by atoms with Crippen molar-refractivity contribution in [3.8, 4) is 0 Å². The number of nitrogens with two attached hydrogens (primary N) is 1. The van der Waals surface area contributed by atoms with Crippen LogP contribution in [0.4, 0.5) is 5.69 Å². The van der Waals surface area contributed by atoms with Crippen LogP contribution in [0.15, 0.2) is 18.2 Å². The lowest BCUT2D eigenvalue weighted by Crippen LogP contribution is -2.17. The molecule has 1 rings (SSSR count). The van der Waals surface area contributed by atoms with Crippen molar-refractivity contribution in [3.05, 3.63) is 29.3 Å². The van der Waals surface area contributed by atoms with E-state index in [9.17, 15) is 4.79 Å². The lowest BCUT2D eigenvalue weighted by Gasteiger charge is -2.16. The Morgan fingerprint density at radius 3 is 2.75 bits per heavy atom. The van der Waals surface area contributed by atoms with E-state index in [0.29, 0.717) is 11.6 Å². The van der Waals surface area contributed by atoms with Gasteiger partial charge in [-0.2, -0.15) is 0 Å².